The number of hydrogen-bond donors (Lipinski definition) is 2. The van der Waals surface area contributed by atoms with Crippen LogP contribution >= 0.6 is 15.9 Å². The molecule has 0 fully saturated rings. The van der Waals surface area contributed by atoms with E-state index in [1.807, 2.05) is 4.72 Å². The maximum atomic E-state index is 11.5. The SMILES string of the molecule is CCS(=O)(=O)NC(=O)c1ccc(Br)c(N)c1. The van der Waals surface area contributed by atoms with Gasteiger partial charge in [-0.15, -0.1) is 0 Å². The van der Waals surface area contributed by atoms with Crippen LogP contribution in [0.5, 0.6) is 0 Å². The van der Waals surface area contributed by atoms with Crippen molar-refractivity contribution in [2.45, 2.75) is 6.92 Å². The van der Waals surface area contributed by atoms with E-state index in [1.54, 1.807) is 6.07 Å². The van der Waals surface area contributed by atoms with Gasteiger partial charge in [0.2, 0.25) is 10.0 Å². The first-order valence-electron chi connectivity index (χ1n) is 4.45. The van der Waals surface area contributed by atoms with Crippen LogP contribution in [0.15, 0.2) is 22.7 Å². The zero-order chi connectivity index (χ0) is 12.3. The van der Waals surface area contributed by atoms with Gasteiger partial charge in [-0.05, 0) is 41.1 Å². The number of rotatable bonds is 3. The lowest BCUT2D eigenvalue weighted by Gasteiger charge is -2.05. The van der Waals surface area contributed by atoms with Crippen LogP contribution in [0.25, 0.3) is 0 Å². The summed E-state index contributed by atoms with van der Waals surface area (Å²) in [5.74, 6) is -0.828. The average Bonchev–Trinajstić information content (AvgIpc) is 2.21. The molecule has 0 aliphatic rings. The van der Waals surface area contributed by atoms with E-state index in [4.69, 9.17) is 5.73 Å². The Balaban J connectivity index is 2.94. The number of sulfonamides is 1. The Kier molecular flexibility index (Phi) is 3.93. The summed E-state index contributed by atoms with van der Waals surface area (Å²) in [6, 6.07) is 4.48. The summed E-state index contributed by atoms with van der Waals surface area (Å²) in [4.78, 5) is 11.5. The smallest absolute Gasteiger partial charge is 0.264 e. The van der Waals surface area contributed by atoms with E-state index in [0.29, 0.717) is 10.2 Å². The van der Waals surface area contributed by atoms with Crippen molar-refractivity contribution < 1.29 is 13.2 Å². The Morgan fingerprint density at radius 2 is 2.12 bits per heavy atom. The third kappa shape index (κ3) is 3.21. The minimum Gasteiger partial charge on any atom is -0.398 e. The second-order valence-corrected chi connectivity index (χ2v) is 5.94. The molecule has 0 atom stereocenters. The zero-order valence-corrected chi connectivity index (χ0v) is 10.9. The lowest BCUT2D eigenvalue weighted by atomic mass is 10.2. The summed E-state index contributed by atoms with van der Waals surface area (Å²) in [6.45, 7) is 1.45. The van der Waals surface area contributed by atoms with E-state index in [2.05, 4.69) is 15.9 Å². The molecule has 1 aromatic rings. The standard InChI is InChI=1S/C9H11BrN2O3S/c1-2-16(14,15)12-9(13)6-3-4-7(10)8(11)5-6/h3-5H,2,11H2,1H3,(H,12,13). The Labute approximate surface area is 102 Å². The molecule has 5 nitrogen and oxygen atoms in total. The van der Waals surface area contributed by atoms with Gasteiger partial charge in [0.1, 0.15) is 0 Å². The van der Waals surface area contributed by atoms with Crippen molar-refractivity contribution in [1.29, 1.82) is 0 Å². The van der Waals surface area contributed by atoms with E-state index in [1.165, 1.54) is 19.1 Å². The highest BCUT2D eigenvalue weighted by molar-refractivity contribution is 9.10. The highest BCUT2D eigenvalue weighted by Crippen LogP contribution is 2.20. The van der Waals surface area contributed by atoms with Crippen molar-refractivity contribution in [3.8, 4) is 0 Å². The molecular formula is C9H11BrN2O3S. The largest absolute Gasteiger partial charge is 0.398 e. The van der Waals surface area contributed by atoms with Gasteiger partial charge in [-0.25, -0.2) is 13.1 Å². The number of halogens is 1. The minimum absolute atomic E-state index is 0.148. The van der Waals surface area contributed by atoms with Gasteiger partial charge in [-0.2, -0.15) is 0 Å². The van der Waals surface area contributed by atoms with E-state index in [0.717, 1.165) is 0 Å². The molecule has 0 bridgehead atoms. The first-order chi connectivity index (χ1) is 7.35. The van der Waals surface area contributed by atoms with E-state index >= 15 is 0 Å². The second kappa shape index (κ2) is 4.84. The first kappa shape index (κ1) is 13.0. The van der Waals surface area contributed by atoms with Crippen LogP contribution in [-0.4, -0.2) is 20.1 Å². The predicted molar refractivity (Wildman–Crippen MR) is 65.5 cm³/mol. The van der Waals surface area contributed by atoms with Crippen LogP contribution < -0.4 is 10.5 Å². The fourth-order valence-corrected chi connectivity index (χ4v) is 1.75. The monoisotopic (exact) mass is 306 g/mol. The van der Waals surface area contributed by atoms with Crippen molar-refractivity contribution >= 4 is 37.5 Å². The summed E-state index contributed by atoms with van der Waals surface area (Å²) in [5.41, 5.74) is 6.16. The lowest BCUT2D eigenvalue weighted by Crippen LogP contribution is -2.31. The third-order valence-electron chi connectivity index (χ3n) is 1.89. The highest BCUT2D eigenvalue weighted by atomic mass is 79.9. The highest BCUT2D eigenvalue weighted by Gasteiger charge is 2.14. The maximum absolute atomic E-state index is 11.5. The van der Waals surface area contributed by atoms with Gasteiger partial charge in [-0.3, -0.25) is 4.79 Å². The predicted octanol–water partition coefficient (Wildman–Crippen LogP) is 1.11. The van der Waals surface area contributed by atoms with Crippen LogP contribution in [0.2, 0.25) is 0 Å². The average molecular weight is 307 g/mol. The van der Waals surface area contributed by atoms with Gasteiger partial charge in [0, 0.05) is 15.7 Å². The summed E-state index contributed by atoms with van der Waals surface area (Å²) in [7, 11) is -3.54. The molecule has 3 N–H and O–H groups in total. The third-order valence-corrected chi connectivity index (χ3v) is 3.87. The molecule has 1 amide bonds. The van der Waals surface area contributed by atoms with Crippen molar-refractivity contribution in [2.24, 2.45) is 0 Å². The van der Waals surface area contributed by atoms with Gasteiger partial charge in [-0.1, -0.05) is 0 Å². The van der Waals surface area contributed by atoms with Crippen LogP contribution in [-0.2, 0) is 10.0 Å². The molecule has 0 saturated heterocycles. The maximum Gasteiger partial charge on any atom is 0.264 e. The van der Waals surface area contributed by atoms with Gasteiger partial charge >= 0.3 is 0 Å². The van der Waals surface area contributed by atoms with Gasteiger partial charge in [0.05, 0.1) is 5.75 Å². The number of anilines is 1. The molecule has 0 saturated carbocycles. The minimum atomic E-state index is -3.54. The van der Waals surface area contributed by atoms with Gasteiger partial charge < -0.3 is 5.73 Å². The molecule has 0 aromatic heterocycles. The molecule has 0 heterocycles. The van der Waals surface area contributed by atoms with E-state index < -0.39 is 15.9 Å². The molecule has 88 valence electrons. The van der Waals surface area contributed by atoms with Gasteiger partial charge in [0.15, 0.2) is 0 Å². The number of benzene rings is 1. The quantitative estimate of drug-likeness (QED) is 0.819. The Morgan fingerprint density at radius 1 is 1.50 bits per heavy atom. The number of nitrogens with two attached hydrogens (primary N) is 1. The Bertz CT molecular complexity index is 513. The molecule has 7 heteroatoms. The summed E-state index contributed by atoms with van der Waals surface area (Å²) in [5, 5.41) is 0. The number of amides is 1. The lowest BCUT2D eigenvalue weighted by molar-refractivity contribution is 0.0981. The van der Waals surface area contributed by atoms with Crippen molar-refractivity contribution in [1.82, 2.24) is 4.72 Å². The topological polar surface area (TPSA) is 89.3 Å². The Morgan fingerprint density at radius 3 is 2.62 bits per heavy atom. The number of carbonyl (C=O) groups excluding carboxylic acids is 1. The molecule has 0 aliphatic heterocycles. The molecule has 0 aliphatic carbocycles. The Hall–Kier alpha value is -1.08. The fourth-order valence-electron chi connectivity index (χ4n) is 0.957. The van der Waals surface area contributed by atoms with Gasteiger partial charge in [0.25, 0.3) is 5.91 Å². The van der Waals surface area contributed by atoms with E-state index in [9.17, 15) is 13.2 Å². The molecule has 0 unspecified atom stereocenters. The zero-order valence-electron chi connectivity index (χ0n) is 8.53. The van der Waals surface area contributed by atoms with Crippen LogP contribution in [0.1, 0.15) is 17.3 Å². The number of carbonyl (C=O) groups is 1. The first-order valence-corrected chi connectivity index (χ1v) is 6.90. The molecular weight excluding hydrogens is 296 g/mol. The second-order valence-electron chi connectivity index (χ2n) is 3.07. The number of nitrogen functional groups attached to an aromatic ring is 1. The van der Waals surface area contributed by atoms with Crippen molar-refractivity contribution in [3.05, 3.63) is 28.2 Å². The summed E-state index contributed by atoms with van der Waals surface area (Å²) < 4.78 is 24.9. The van der Waals surface area contributed by atoms with E-state index in [-0.39, 0.29) is 11.3 Å². The number of hydrogen-bond acceptors (Lipinski definition) is 4. The summed E-state index contributed by atoms with van der Waals surface area (Å²) in [6.07, 6.45) is 0. The van der Waals surface area contributed by atoms with Crippen molar-refractivity contribution in [3.63, 3.8) is 0 Å². The fraction of sp³-hybridized carbons (Fsp3) is 0.222. The van der Waals surface area contributed by atoms with Crippen LogP contribution in [0, 0.1) is 0 Å². The van der Waals surface area contributed by atoms with Crippen molar-refractivity contribution in [2.75, 3.05) is 11.5 Å². The summed E-state index contributed by atoms with van der Waals surface area (Å²) >= 11 is 3.18. The van der Waals surface area contributed by atoms with Crippen LogP contribution in [0.3, 0.4) is 0 Å². The molecule has 16 heavy (non-hydrogen) atoms. The molecule has 0 spiro atoms. The molecule has 0 radical (unpaired) electrons. The normalized spacial score (nSPS) is 11.1. The molecule has 1 rings (SSSR count). The number of nitrogens with one attached hydrogen (secondary N) is 1. The van der Waals surface area contributed by atoms with Crippen LogP contribution in [0.4, 0.5) is 5.69 Å². The molecule has 1 aromatic carbocycles.